The number of primary amides is 1. The summed E-state index contributed by atoms with van der Waals surface area (Å²) in [5, 5.41) is 63.0. The Balaban J connectivity index is 1.67. The molecule has 3 aromatic carbocycles. The van der Waals surface area contributed by atoms with Crippen molar-refractivity contribution >= 4 is 88.4 Å². The van der Waals surface area contributed by atoms with Crippen molar-refractivity contribution < 1.29 is 33.9 Å². The number of amides is 6. The zero-order chi connectivity index (χ0) is 54.1. The SMILES string of the molecule is CC(C)CCN(c1nc(-c2ccc(Cl)cc2)cc(-c2ccc(Cl)cc2)n1)C(O)C(=O)NC(C(=O)NC(NC(=N)N)C(=O)NC(NC(=N)N)C(=O)NC(NC(=N)N)C(=O)NC(NC(=N)N)C(N)=O)c1ccccc1. The molecule has 0 fully saturated rings. The second kappa shape index (κ2) is 26.3. The van der Waals surface area contributed by atoms with Crippen molar-refractivity contribution in [2.75, 3.05) is 11.4 Å². The number of carbonyl (C=O) groups excluding carboxylic acids is 6. The van der Waals surface area contributed by atoms with E-state index < -0.39 is 96.2 Å². The van der Waals surface area contributed by atoms with Crippen LogP contribution in [0.15, 0.2) is 84.9 Å². The Hall–Kier alpha value is -9.02. The van der Waals surface area contributed by atoms with Crippen molar-refractivity contribution in [3.8, 4) is 22.5 Å². The van der Waals surface area contributed by atoms with E-state index in [0.29, 0.717) is 39.0 Å². The Morgan fingerprint density at radius 1 is 0.548 bits per heavy atom. The van der Waals surface area contributed by atoms with Gasteiger partial charge >= 0.3 is 0 Å². The molecule has 24 N–H and O–H groups in total. The first-order valence-corrected chi connectivity index (χ1v) is 22.3. The predicted octanol–water partition coefficient (Wildman–Crippen LogP) is -2.67. The van der Waals surface area contributed by atoms with Gasteiger partial charge in [0.1, 0.15) is 6.04 Å². The molecule has 0 aliphatic heterocycles. The molecule has 1 aromatic heterocycles. The smallest absolute Gasteiger partial charge is 0.271 e. The molecule has 0 aliphatic rings. The van der Waals surface area contributed by atoms with Crippen LogP contribution in [0.4, 0.5) is 5.95 Å². The van der Waals surface area contributed by atoms with Crippen molar-refractivity contribution in [3.05, 3.63) is 101 Å². The van der Waals surface area contributed by atoms with Crippen LogP contribution in [-0.2, 0) is 28.8 Å². The average molecular weight is 1050 g/mol. The molecule has 0 spiro atoms. The lowest BCUT2D eigenvalue weighted by Crippen LogP contribution is -2.68. The van der Waals surface area contributed by atoms with Gasteiger partial charge in [-0.3, -0.25) is 50.4 Å². The maximum absolute atomic E-state index is 14.3. The van der Waals surface area contributed by atoms with Gasteiger partial charge in [-0.25, -0.2) is 9.97 Å². The number of hydrogen-bond acceptors (Lipinski definition) is 14. The summed E-state index contributed by atoms with van der Waals surface area (Å²) >= 11 is 12.4. The Morgan fingerprint density at radius 2 is 0.932 bits per heavy atom. The van der Waals surface area contributed by atoms with Crippen LogP contribution in [0.5, 0.6) is 0 Å². The molecule has 1 heterocycles. The summed E-state index contributed by atoms with van der Waals surface area (Å²) in [5.74, 6) is -11.0. The van der Waals surface area contributed by atoms with E-state index in [4.69, 9.17) is 83.5 Å². The largest absolute Gasteiger partial charge is 0.370 e. The standard InChI is InChI=1S/C43H55Cl2N21O7/c1-19(2)16-17-66(43-55-25(20-8-12-23(44)13-9-20)18-26(56-43)21-10-14-24(45)15-11-21)38(73)37(72)57-27(22-6-4-3-5-7-22)33(68)59-30(63-40(49)50)35(70)61-32(65-42(53)54)36(71)60-31(64-41(51)52)34(69)58-29(28(46)67)62-39(47)48/h3-15,18-19,27,29-32,38,73H,16-17H2,1-2H3,(H2,46,67)(H,57,72)(H,58,69)(H,59,68)(H,60,71)(H,61,70)(H4,47,48,62)(H4,49,50,63)(H4,51,52,64)(H4,53,54,65). The lowest BCUT2D eigenvalue weighted by atomic mass is 10.1. The van der Waals surface area contributed by atoms with Gasteiger partial charge in [-0.15, -0.1) is 0 Å². The van der Waals surface area contributed by atoms with Crippen molar-refractivity contribution in [1.82, 2.24) is 57.8 Å². The van der Waals surface area contributed by atoms with Crippen molar-refractivity contribution in [1.29, 1.82) is 21.6 Å². The van der Waals surface area contributed by atoms with Gasteiger partial charge in [-0.05, 0) is 48.2 Å². The molecular weight excluding hydrogens is 994 g/mol. The Morgan fingerprint density at radius 3 is 1.32 bits per heavy atom. The molecule has 4 aromatic rings. The summed E-state index contributed by atoms with van der Waals surface area (Å²) in [4.78, 5) is 91.9. The Kier molecular flexibility index (Phi) is 20.4. The van der Waals surface area contributed by atoms with Crippen LogP contribution in [0.3, 0.4) is 0 Å². The van der Waals surface area contributed by atoms with Crippen LogP contribution in [0, 0.1) is 27.6 Å². The number of carbonyl (C=O) groups is 6. The molecule has 0 radical (unpaired) electrons. The molecule has 6 unspecified atom stereocenters. The Bertz CT molecular complexity index is 2620. The number of halogens is 2. The van der Waals surface area contributed by atoms with E-state index in [0.717, 1.165) is 0 Å². The fraction of sp³-hybridized carbons (Fsp3) is 0.256. The number of nitrogens with zero attached hydrogens (tertiary/aromatic N) is 3. The van der Waals surface area contributed by atoms with Gasteiger partial charge in [0.15, 0.2) is 48.5 Å². The summed E-state index contributed by atoms with van der Waals surface area (Å²) < 4.78 is 0. The molecule has 6 atom stereocenters. The highest BCUT2D eigenvalue weighted by atomic mass is 35.5. The van der Waals surface area contributed by atoms with Crippen LogP contribution in [0.25, 0.3) is 22.5 Å². The van der Waals surface area contributed by atoms with E-state index in [9.17, 15) is 33.9 Å². The summed E-state index contributed by atoms with van der Waals surface area (Å²) in [7, 11) is 0. The van der Waals surface area contributed by atoms with E-state index in [1.807, 2.05) is 19.2 Å². The van der Waals surface area contributed by atoms with Gasteiger partial charge in [0.05, 0.1) is 11.4 Å². The first-order chi connectivity index (χ1) is 34.4. The van der Waals surface area contributed by atoms with Gasteiger partial charge < -0.3 is 86.5 Å². The van der Waals surface area contributed by atoms with Crippen LogP contribution in [0.2, 0.25) is 10.0 Å². The number of rotatable bonds is 23. The second-order valence-corrected chi connectivity index (χ2v) is 16.8. The first-order valence-electron chi connectivity index (χ1n) is 21.6. The monoisotopic (exact) mass is 1050 g/mol. The normalized spacial score (nSPS) is 13.2. The van der Waals surface area contributed by atoms with E-state index in [1.54, 1.807) is 72.8 Å². The predicted molar refractivity (Wildman–Crippen MR) is 270 cm³/mol. The second-order valence-electron chi connectivity index (χ2n) is 16.0. The van der Waals surface area contributed by atoms with Gasteiger partial charge in [0.25, 0.3) is 29.5 Å². The van der Waals surface area contributed by atoms with E-state index >= 15 is 0 Å². The van der Waals surface area contributed by atoms with Crippen molar-refractivity contribution in [2.24, 2.45) is 34.6 Å². The molecule has 388 valence electrons. The van der Waals surface area contributed by atoms with Gasteiger partial charge in [0.2, 0.25) is 18.1 Å². The lowest BCUT2D eigenvalue weighted by molar-refractivity contribution is -0.136. The minimum absolute atomic E-state index is 0.0353. The third-order valence-corrected chi connectivity index (χ3v) is 10.3. The number of aliphatic hydroxyl groups excluding tert-OH is 1. The number of benzene rings is 3. The van der Waals surface area contributed by atoms with Gasteiger partial charge in [-0.1, -0.05) is 91.6 Å². The van der Waals surface area contributed by atoms with Crippen LogP contribution < -0.4 is 81.4 Å². The molecule has 73 heavy (non-hydrogen) atoms. The number of nitrogens with one attached hydrogen (secondary N) is 13. The minimum Gasteiger partial charge on any atom is -0.370 e. The maximum Gasteiger partial charge on any atom is 0.271 e. The topological polar surface area (TPSA) is 485 Å². The fourth-order valence-electron chi connectivity index (χ4n) is 6.34. The molecule has 30 heteroatoms. The number of hydrogen-bond donors (Lipinski definition) is 19. The van der Waals surface area contributed by atoms with E-state index in [1.165, 1.54) is 17.0 Å². The number of guanidine groups is 4. The summed E-state index contributed by atoms with van der Waals surface area (Å²) in [6.07, 6.45) is -9.60. The van der Waals surface area contributed by atoms with Crippen molar-refractivity contribution in [3.63, 3.8) is 0 Å². The Labute approximate surface area is 426 Å². The third kappa shape index (κ3) is 17.4. The highest BCUT2D eigenvalue weighted by Gasteiger charge is 2.35. The molecule has 0 bridgehead atoms. The van der Waals surface area contributed by atoms with E-state index in [-0.39, 0.29) is 24.0 Å². The highest BCUT2D eigenvalue weighted by Crippen LogP contribution is 2.29. The fourth-order valence-corrected chi connectivity index (χ4v) is 6.59. The van der Waals surface area contributed by atoms with Gasteiger partial charge in [0, 0.05) is 27.7 Å². The third-order valence-electron chi connectivity index (χ3n) is 9.83. The average Bonchev–Trinajstić information content (AvgIpc) is 3.32. The van der Waals surface area contributed by atoms with Crippen molar-refractivity contribution in [2.45, 2.75) is 57.2 Å². The van der Waals surface area contributed by atoms with E-state index in [2.05, 4.69) is 42.5 Å². The number of aliphatic hydroxyl groups is 1. The minimum atomic E-state index is -2.10. The zero-order valence-electron chi connectivity index (χ0n) is 38.9. The summed E-state index contributed by atoms with van der Waals surface area (Å²) in [5.41, 5.74) is 29.2. The molecule has 6 amide bonds. The number of aromatic nitrogens is 2. The van der Waals surface area contributed by atoms with Crippen LogP contribution in [-0.4, -0.2) is 112 Å². The zero-order valence-corrected chi connectivity index (χ0v) is 40.4. The van der Waals surface area contributed by atoms with Crippen LogP contribution in [0.1, 0.15) is 31.9 Å². The summed E-state index contributed by atoms with van der Waals surface area (Å²) in [6, 6.07) is 21.3. The molecule has 28 nitrogen and oxygen atoms in total. The number of anilines is 1. The maximum atomic E-state index is 14.3. The summed E-state index contributed by atoms with van der Waals surface area (Å²) in [6.45, 7) is 3.89. The molecular formula is C43H55Cl2N21O7. The first kappa shape index (κ1) is 56.6. The molecule has 0 aliphatic carbocycles. The van der Waals surface area contributed by atoms with Gasteiger partial charge in [-0.2, -0.15) is 0 Å². The molecule has 4 rings (SSSR count). The number of nitrogens with two attached hydrogens (primary N) is 5. The lowest BCUT2D eigenvalue weighted by Gasteiger charge is -2.30. The molecule has 0 saturated heterocycles. The van der Waals surface area contributed by atoms with Crippen LogP contribution >= 0.6 is 23.2 Å². The molecule has 0 saturated carbocycles. The quantitative estimate of drug-likeness (QED) is 0.0205. The highest BCUT2D eigenvalue weighted by molar-refractivity contribution is 6.31.